The van der Waals surface area contributed by atoms with E-state index < -0.39 is 0 Å². The van der Waals surface area contributed by atoms with Gasteiger partial charge in [0.25, 0.3) is 5.91 Å². The van der Waals surface area contributed by atoms with Crippen molar-refractivity contribution in [2.45, 2.75) is 18.8 Å². The van der Waals surface area contributed by atoms with Crippen LogP contribution >= 0.6 is 11.6 Å². The van der Waals surface area contributed by atoms with E-state index in [2.05, 4.69) is 10.3 Å². The van der Waals surface area contributed by atoms with Gasteiger partial charge in [-0.15, -0.1) is 11.6 Å². The molecule has 0 spiro atoms. The first-order valence-electron chi connectivity index (χ1n) is 6.06. The molecule has 1 atom stereocenters. The normalized spacial score (nSPS) is 11.9. The van der Waals surface area contributed by atoms with Crippen LogP contribution in [0.5, 0.6) is 0 Å². The maximum absolute atomic E-state index is 12.1. The van der Waals surface area contributed by atoms with E-state index in [4.69, 9.17) is 11.6 Å². The molecule has 0 aliphatic rings. The summed E-state index contributed by atoms with van der Waals surface area (Å²) in [5.41, 5.74) is 2.66. The van der Waals surface area contributed by atoms with Crippen LogP contribution in [0.15, 0.2) is 48.8 Å². The number of carbonyl (C=O) groups excluding carboxylic acids is 1. The zero-order valence-electron chi connectivity index (χ0n) is 10.6. The van der Waals surface area contributed by atoms with E-state index in [-0.39, 0.29) is 11.9 Å². The lowest BCUT2D eigenvalue weighted by atomic mass is 10.1. The van der Waals surface area contributed by atoms with E-state index in [1.165, 1.54) is 0 Å². The fraction of sp³-hybridized carbons (Fsp3) is 0.200. The van der Waals surface area contributed by atoms with Crippen molar-refractivity contribution in [2.24, 2.45) is 0 Å². The number of amides is 1. The molecule has 98 valence electrons. The van der Waals surface area contributed by atoms with Crippen molar-refractivity contribution in [2.75, 3.05) is 0 Å². The molecule has 0 unspecified atom stereocenters. The molecule has 0 fully saturated rings. The molecule has 3 nitrogen and oxygen atoms in total. The maximum Gasteiger partial charge on any atom is 0.251 e. The molecule has 0 radical (unpaired) electrons. The van der Waals surface area contributed by atoms with Gasteiger partial charge in [-0.1, -0.05) is 12.1 Å². The van der Waals surface area contributed by atoms with Gasteiger partial charge in [-0.05, 0) is 42.3 Å². The molecule has 0 saturated carbocycles. The van der Waals surface area contributed by atoms with Crippen LogP contribution in [0.2, 0.25) is 0 Å². The molecule has 2 rings (SSSR count). The van der Waals surface area contributed by atoms with E-state index >= 15 is 0 Å². The van der Waals surface area contributed by atoms with Gasteiger partial charge in [-0.3, -0.25) is 9.78 Å². The molecule has 1 amide bonds. The standard InChI is InChI=1S/C15H15ClN2O/c1-11(13-6-8-17-9-7-13)18-15(19)14-4-2-12(10-16)3-5-14/h2-9,11H,10H2,1H3,(H,18,19)/t11-/m1/s1. The van der Waals surface area contributed by atoms with Gasteiger partial charge in [0, 0.05) is 23.8 Å². The number of nitrogens with zero attached hydrogens (tertiary/aromatic N) is 1. The smallest absolute Gasteiger partial charge is 0.251 e. The molecule has 0 aliphatic carbocycles. The number of nitrogens with one attached hydrogen (secondary N) is 1. The van der Waals surface area contributed by atoms with Crippen LogP contribution in [0.25, 0.3) is 0 Å². The van der Waals surface area contributed by atoms with Gasteiger partial charge < -0.3 is 5.32 Å². The molecule has 4 heteroatoms. The summed E-state index contributed by atoms with van der Waals surface area (Å²) >= 11 is 5.72. The first-order valence-corrected chi connectivity index (χ1v) is 6.60. The summed E-state index contributed by atoms with van der Waals surface area (Å²) in [6, 6.07) is 11.0. The van der Waals surface area contributed by atoms with Crippen molar-refractivity contribution in [3.8, 4) is 0 Å². The second-order valence-electron chi connectivity index (χ2n) is 4.31. The Kier molecular flexibility index (Phi) is 4.53. The Labute approximate surface area is 117 Å². The summed E-state index contributed by atoms with van der Waals surface area (Å²) in [7, 11) is 0. The number of hydrogen-bond acceptors (Lipinski definition) is 2. The molecule has 2 aromatic rings. The Balaban J connectivity index is 2.04. The van der Waals surface area contributed by atoms with Gasteiger partial charge in [-0.25, -0.2) is 0 Å². The zero-order valence-corrected chi connectivity index (χ0v) is 11.4. The van der Waals surface area contributed by atoms with Gasteiger partial charge in [-0.2, -0.15) is 0 Å². The summed E-state index contributed by atoms with van der Waals surface area (Å²) in [5, 5.41) is 2.95. The van der Waals surface area contributed by atoms with E-state index in [9.17, 15) is 4.79 Å². The monoisotopic (exact) mass is 274 g/mol. The lowest BCUT2D eigenvalue weighted by molar-refractivity contribution is 0.0940. The molecular formula is C15H15ClN2O. The van der Waals surface area contributed by atoms with Gasteiger partial charge in [0.1, 0.15) is 0 Å². The van der Waals surface area contributed by atoms with Crippen molar-refractivity contribution >= 4 is 17.5 Å². The van der Waals surface area contributed by atoms with Crippen molar-refractivity contribution in [3.63, 3.8) is 0 Å². The van der Waals surface area contributed by atoms with Crippen LogP contribution in [-0.4, -0.2) is 10.9 Å². The summed E-state index contributed by atoms with van der Waals surface area (Å²) in [5.74, 6) is 0.361. The van der Waals surface area contributed by atoms with Crippen molar-refractivity contribution < 1.29 is 4.79 Å². The number of carbonyl (C=O) groups is 1. The summed E-state index contributed by atoms with van der Waals surface area (Å²) in [6.45, 7) is 1.94. The minimum Gasteiger partial charge on any atom is -0.346 e. The molecular weight excluding hydrogens is 260 g/mol. The fourth-order valence-corrected chi connectivity index (χ4v) is 1.94. The van der Waals surface area contributed by atoms with Crippen molar-refractivity contribution in [1.29, 1.82) is 0 Å². The van der Waals surface area contributed by atoms with E-state index in [0.29, 0.717) is 11.4 Å². The SMILES string of the molecule is C[C@@H](NC(=O)c1ccc(CCl)cc1)c1ccncc1. The predicted molar refractivity (Wildman–Crippen MR) is 76.1 cm³/mol. The van der Waals surface area contributed by atoms with Gasteiger partial charge in [0.15, 0.2) is 0 Å². The maximum atomic E-state index is 12.1. The third kappa shape index (κ3) is 3.55. The lowest BCUT2D eigenvalue weighted by Gasteiger charge is -2.14. The minimum absolute atomic E-state index is 0.0526. The van der Waals surface area contributed by atoms with E-state index in [0.717, 1.165) is 11.1 Å². The zero-order chi connectivity index (χ0) is 13.7. The average Bonchev–Trinajstić information content (AvgIpc) is 2.48. The molecule has 0 saturated heterocycles. The molecule has 1 heterocycles. The highest BCUT2D eigenvalue weighted by atomic mass is 35.5. The average molecular weight is 275 g/mol. The Bertz CT molecular complexity index is 540. The Hall–Kier alpha value is -1.87. The Morgan fingerprint density at radius 3 is 2.42 bits per heavy atom. The van der Waals surface area contributed by atoms with E-state index in [1.54, 1.807) is 24.5 Å². The highest BCUT2D eigenvalue weighted by Gasteiger charge is 2.10. The third-order valence-corrected chi connectivity index (χ3v) is 3.23. The van der Waals surface area contributed by atoms with Crippen LogP contribution < -0.4 is 5.32 Å². The minimum atomic E-state index is -0.0922. The van der Waals surface area contributed by atoms with E-state index in [1.807, 2.05) is 31.2 Å². The number of hydrogen-bond donors (Lipinski definition) is 1. The van der Waals surface area contributed by atoms with Crippen LogP contribution in [-0.2, 0) is 5.88 Å². The van der Waals surface area contributed by atoms with Crippen LogP contribution in [0, 0.1) is 0 Å². The molecule has 0 bridgehead atoms. The number of benzene rings is 1. The van der Waals surface area contributed by atoms with Crippen LogP contribution in [0.1, 0.15) is 34.5 Å². The highest BCUT2D eigenvalue weighted by molar-refractivity contribution is 6.17. The van der Waals surface area contributed by atoms with Crippen molar-refractivity contribution in [3.05, 3.63) is 65.5 Å². The quantitative estimate of drug-likeness (QED) is 0.869. The lowest BCUT2D eigenvalue weighted by Crippen LogP contribution is -2.26. The number of pyridine rings is 1. The van der Waals surface area contributed by atoms with Gasteiger partial charge in [0.2, 0.25) is 0 Å². The summed E-state index contributed by atoms with van der Waals surface area (Å²) in [4.78, 5) is 16.0. The first-order chi connectivity index (χ1) is 9.20. The fourth-order valence-electron chi connectivity index (χ4n) is 1.76. The third-order valence-electron chi connectivity index (χ3n) is 2.92. The number of aromatic nitrogens is 1. The van der Waals surface area contributed by atoms with Crippen molar-refractivity contribution in [1.82, 2.24) is 10.3 Å². The second kappa shape index (κ2) is 6.34. The number of rotatable bonds is 4. The molecule has 1 aromatic heterocycles. The topological polar surface area (TPSA) is 42.0 Å². The predicted octanol–water partition coefficient (Wildman–Crippen LogP) is 3.31. The summed E-state index contributed by atoms with van der Waals surface area (Å²) in [6.07, 6.45) is 3.43. The highest BCUT2D eigenvalue weighted by Crippen LogP contribution is 2.12. The number of alkyl halides is 1. The molecule has 19 heavy (non-hydrogen) atoms. The second-order valence-corrected chi connectivity index (χ2v) is 4.57. The van der Waals surface area contributed by atoms with Gasteiger partial charge in [0.05, 0.1) is 6.04 Å². The first kappa shape index (κ1) is 13.6. The number of halogens is 1. The Morgan fingerprint density at radius 2 is 1.84 bits per heavy atom. The molecule has 1 N–H and O–H groups in total. The van der Waals surface area contributed by atoms with Crippen LogP contribution in [0.4, 0.5) is 0 Å². The van der Waals surface area contributed by atoms with Gasteiger partial charge >= 0.3 is 0 Å². The Morgan fingerprint density at radius 1 is 1.21 bits per heavy atom. The molecule has 1 aromatic carbocycles. The van der Waals surface area contributed by atoms with Crippen LogP contribution in [0.3, 0.4) is 0 Å². The largest absolute Gasteiger partial charge is 0.346 e. The molecule has 0 aliphatic heterocycles. The summed E-state index contributed by atoms with van der Waals surface area (Å²) < 4.78 is 0.